The zero-order valence-electron chi connectivity index (χ0n) is 17.5. The topological polar surface area (TPSA) is 94.7 Å². The van der Waals surface area contributed by atoms with Gasteiger partial charge in [0.15, 0.2) is 11.9 Å². The highest BCUT2D eigenvalue weighted by Crippen LogP contribution is 2.38. The lowest BCUT2D eigenvalue weighted by atomic mass is 10.0. The standard InChI is InChI=1S/C24H21ClN2O5/c1-3-7-19-16(10-11-22(26-19)31-15-8-5-4-6-9-15)23-17-12-21(30-14(2)24(28)29)18(25)13-20(17)27-32-23/h4-6,8-14H,3,7H2,1-2H3,(H,28,29). The van der Waals surface area contributed by atoms with Crippen LogP contribution in [-0.2, 0) is 11.2 Å². The molecule has 7 nitrogen and oxygen atoms in total. The van der Waals surface area contributed by atoms with Gasteiger partial charge in [-0.15, -0.1) is 0 Å². The van der Waals surface area contributed by atoms with E-state index in [-0.39, 0.29) is 10.8 Å². The van der Waals surface area contributed by atoms with Gasteiger partial charge in [0.2, 0.25) is 5.88 Å². The van der Waals surface area contributed by atoms with Gasteiger partial charge < -0.3 is 19.1 Å². The van der Waals surface area contributed by atoms with Gasteiger partial charge in [-0.3, -0.25) is 0 Å². The van der Waals surface area contributed by atoms with E-state index in [9.17, 15) is 4.79 Å². The number of hydrogen-bond donors (Lipinski definition) is 1. The maximum atomic E-state index is 11.2. The molecule has 2 aromatic carbocycles. The zero-order valence-corrected chi connectivity index (χ0v) is 18.3. The molecule has 1 unspecified atom stereocenters. The van der Waals surface area contributed by atoms with Gasteiger partial charge in [0.25, 0.3) is 0 Å². The molecule has 0 amide bonds. The van der Waals surface area contributed by atoms with Crippen LogP contribution in [0.25, 0.3) is 22.2 Å². The second-order valence-corrected chi connectivity index (χ2v) is 7.63. The summed E-state index contributed by atoms with van der Waals surface area (Å²) in [6, 6.07) is 16.3. The summed E-state index contributed by atoms with van der Waals surface area (Å²) in [5.41, 5.74) is 2.11. The Morgan fingerprint density at radius 2 is 1.97 bits per heavy atom. The summed E-state index contributed by atoms with van der Waals surface area (Å²) in [4.78, 5) is 15.9. The maximum Gasteiger partial charge on any atom is 0.344 e. The van der Waals surface area contributed by atoms with E-state index >= 15 is 0 Å². The first-order valence-corrected chi connectivity index (χ1v) is 10.6. The number of halogens is 1. The minimum absolute atomic E-state index is 0.243. The summed E-state index contributed by atoms with van der Waals surface area (Å²) in [6.07, 6.45) is 0.522. The predicted molar refractivity (Wildman–Crippen MR) is 120 cm³/mol. The van der Waals surface area contributed by atoms with E-state index in [4.69, 9.17) is 30.7 Å². The number of carboxylic acids is 1. The van der Waals surface area contributed by atoms with E-state index < -0.39 is 12.1 Å². The molecule has 32 heavy (non-hydrogen) atoms. The molecule has 4 rings (SSSR count). The van der Waals surface area contributed by atoms with Crippen molar-refractivity contribution in [3.05, 3.63) is 65.3 Å². The monoisotopic (exact) mass is 452 g/mol. The number of benzene rings is 2. The number of hydrogen-bond acceptors (Lipinski definition) is 6. The Kier molecular flexibility index (Phi) is 6.28. The number of rotatable bonds is 8. The van der Waals surface area contributed by atoms with Crippen LogP contribution in [0.2, 0.25) is 5.02 Å². The molecule has 2 heterocycles. The average molecular weight is 453 g/mol. The third-order valence-corrected chi connectivity index (χ3v) is 5.12. The molecule has 0 aliphatic carbocycles. The Hall–Kier alpha value is -3.58. The number of pyridine rings is 1. The number of aryl methyl sites for hydroxylation is 1. The van der Waals surface area contributed by atoms with E-state index in [2.05, 4.69) is 17.1 Å². The number of fused-ring (bicyclic) bond motifs is 1. The summed E-state index contributed by atoms with van der Waals surface area (Å²) < 4.78 is 17.0. The van der Waals surface area contributed by atoms with E-state index in [1.165, 1.54) is 6.92 Å². The molecule has 0 spiro atoms. The Labute approximate surface area is 189 Å². The van der Waals surface area contributed by atoms with Crippen molar-refractivity contribution in [2.24, 2.45) is 0 Å². The van der Waals surface area contributed by atoms with Crippen LogP contribution < -0.4 is 9.47 Å². The first-order chi connectivity index (χ1) is 15.5. The SMILES string of the molecule is CCCc1nc(Oc2ccccc2)ccc1-c1onc2cc(Cl)c(OC(C)C(=O)O)cc12. The molecule has 0 aliphatic heterocycles. The van der Waals surface area contributed by atoms with Crippen LogP contribution in [0.3, 0.4) is 0 Å². The highest BCUT2D eigenvalue weighted by molar-refractivity contribution is 6.33. The Morgan fingerprint density at radius 1 is 1.19 bits per heavy atom. The van der Waals surface area contributed by atoms with Crippen molar-refractivity contribution in [1.29, 1.82) is 0 Å². The first kappa shape index (κ1) is 21.6. The van der Waals surface area contributed by atoms with Crippen molar-refractivity contribution in [3.63, 3.8) is 0 Å². The summed E-state index contributed by atoms with van der Waals surface area (Å²) in [5.74, 6) is 0.841. The van der Waals surface area contributed by atoms with E-state index in [0.29, 0.717) is 34.7 Å². The second kappa shape index (κ2) is 9.28. The van der Waals surface area contributed by atoms with Crippen LogP contribution in [0, 0.1) is 0 Å². The van der Waals surface area contributed by atoms with Gasteiger partial charge in [-0.05, 0) is 43.7 Å². The van der Waals surface area contributed by atoms with Gasteiger partial charge in [-0.2, -0.15) is 0 Å². The number of carbonyl (C=O) groups is 1. The van der Waals surface area contributed by atoms with Crippen LogP contribution in [0.4, 0.5) is 0 Å². The number of nitrogens with zero attached hydrogens (tertiary/aromatic N) is 2. The highest BCUT2D eigenvalue weighted by Gasteiger charge is 2.21. The fourth-order valence-corrected chi connectivity index (χ4v) is 3.45. The molecule has 164 valence electrons. The maximum absolute atomic E-state index is 11.2. The second-order valence-electron chi connectivity index (χ2n) is 7.22. The molecule has 1 N–H and O–H groups in total. The lowest BCUT2D eigenvalue weighted by Gasteiger charge is -2.12. The number of aliphatic carboxylic acids is 1. The van der Waals surface area contributed by atoms with Crippen LogP contribution in [-0.4, -0.2) is 27.3 Å². The van der Waals surface area contributed by atoms with E-state index in [0.717, 1.165) is 17.7 Å². The molecule has 0 saturated heterocycles. The highest BCUT2D eigenvalue weighted by atomic mass is 35.5. The van der Waals surface area contributed by atoms with Gasteiger partial charge >= 0.3 is 5.97 Å². The Bertz CT molecular complexity index is 1260. The molecule has 1 atom stereocenters. The van der Waals surface area contributed by atoms with Gasteiger partial charge in [0.1, 0.15) is 17.0 Å². The number of carboxylic acid groups (broad SMARTS) is 1. The summed E-state index contributed by atoms with van der Waals surface area (Å²) >= 11 is 6.26. The van der Waals surface area contributed by atoms with Crippen molar-refractivity contribution in [2.45, 2.75) is 32.8 Å². The fourth-order valence-electron chi connectivity index (χ4n) is 3.25. The van der Waals surface area contributed by atoms with Crippen molar-refractivity contribution in [2.75, 3.05) is 0 Å². The minimum atomic E-state index is -1.09. The van der Waals surface area contributed by atoms with Crippen molar-refractivity contribution in [1.82, 2.24) is 10.1 Å². The smallest absolute Gasteiger partial charge is 0.344 e. The number of para-hydroxylation sites is 1. The third-order valence-electron chi connectivity index (χ3n) is 4.83. The minimum Gasteiger partial charge on any atom is -0.479 e. The molecule has 4 aromatic rings. The number of aromatic nitrogens is 2. The predicted octanol–water partition coefficient (Wildman–Crippen LogP) is 6.14. The lowest BCUT2D eigenvalue weighted by molar-refractivity contribution is -0.144. The summed E-state index contributed by atoms with van der Waals surface area (Å²) in [5, 5.41) is 14.2. The van der Waals surface area contributed by atoms with E-state index in [1.807, 2.05) is 36.4 Å². The third kappa shape index (κ3) is 4.53. The first-order valence-electron chi connectivity index (χ1n) is 10.2. The largest absolute Gasteiger partial charge is 0.479 e. The molecule has 0 aliphatic rings. The molecular weight excluding hydrogens is 432 g/mol. The van der Waals surface area contributed by atoms with Crippen LogP contribution in [0.5, 0.6) is 17.4 Å². The Morgan fingerprint density at radius 3 is 2.69 bits per heavy atom. The normalized spacial score (nSPS) is 12.0. The molecule has 8 heteroatoms. The van der Waals surface area contributed by atoms with Gasteiger partial charge in [-0.25, -0.2) is 9.78 Å². The van der Waals surface area contributed by atoms with Crippen molar-refractivity contribution >= 4 is 28.5 Å². The van der Waals surface area contributed by atoms with Gasteiger partial charge in [0.05, 0.1) is 16.1 Å². The summed E-state index contributed by atoms with van der Waals surface area (Å²) in [6.45, 7) is 3.50. The molecular formula is C24H21ClN2O5. The van der Waals surface area contributed by atoms with Gasteiger partial charge in [-0.1, -0.05) is 48.3 Å². The molecule has 0 fully saturated rings. The average Bonchev–Trinajstić information content (AvgIpc) is 3.17. The van der Waals surface area contributed by atoms with Crippen molar-refractivity contribution < 1.29 is 23.9 Å². The molecule has 2 aromatic heterocycles. The summed E-state index contributed by atoms with van der Waals surface area (Å²) in [7, 11) is 0. The lowest BCUT2D eigenvalue weighted by Crippen LogP contribution is -2.22. The Balaban J connectivity index is 1.74. The molecule has 0 saturated carbocycles. The van der Waals surface area contributed by atoms with Crippen LogP contribution in [0.15, 0.2) is 59.1 Å². The van der Waals surface area contributed by atoms with Gasteiger partial charge in [0, 0.05) is 11.6 Å². The van der Waals surface area contributed by atoms with Crippen molar-refractivity contribution in [3.8, 4) is 28.7 Å². The van der Waals surface area contributed by atoms with E-state index in [1.54, 1.807) is 18.2 Å². The number of ether oxygens (including phenoxy) is 2. The molecule has 0 bridgehead atoms. The van der Waals surface area contributed by atoms with Crippen LogP contribution >= 0.6 is 11.6 Å². The molecule has 0 radical (unpaired) electrons. The fraction of sp³-hybridized carbons (Fsp3) is 0.208. The zero-order chi connectivity index (χ0) is 22.7. The quantitative estimate of drug-likeness (QED) is 0.343. The van der Waals surface area contributed by atoms with Crippen LogP contribution in [0.1, 0.15) is 26.0 Å².